The monoisotopic (exact) mass is 770 g/mol. The maximum absolute atomic E-state index is 13.4. The minimum Gasteiger partial charge on any atom is -1.00 e. The molecule has 0 saturated carbocycles. The summed E-state index contributed by atoms with van der Waals surface area (Å²) >= 11 is 0. The molecule has 2 atom stereocenters. The summed E-state index contributed by atoms with van der Waals surface area (Å²) < 4.78 is 0. The summed E-state index contributed by atoms with van der Waals surface area (Å²) in [6.45, 7) is 9.08. The SMILES string of the molecule is CCCCCCCCCCCCCCN(CCCCCCCCCCCC)C(=O)C(N)CCCCNC(=O)C(N)CCCN=C(C)N.[Cl-].[Cl-].[Cl-]. The summed E-state index contributed by atoms with van der Waals surface area (Å²) in [6.07, 6.45) is 32.3. The highest BCUT2D eigenvalue weighted by molar-refractivity contribution is 5.82. The van der Waals surface area contributed by atoms with E-state index in [4.69, 9.17) is 17.2 Å². The molecule has 0 aliphatic rings. The molecule has 0 aromatic heterocycles. The van der Waals surface area contributed by atoms with Crippen molar-refractivity contribution in [2.75, 3.05) is 26.2 Å². The summed E-state index contributed by atoms with van der Waals surface area (Å²) in [6, 6.07) is -1.01. The van der Waals surface area contributed by atoms with Crippen molar-refractivity contribution >= 4 is 17.6 Å². The molecule has 0 spiro atoms. The molecule has 0 rings (SSSR count). The van der Waals surface area contributed by atoms with Crippen LogP contribution in [-0.2, 0) is 9.59 Å². The van der Waals surface area contributed by atoms with E-state index in [1.807, 2.05) is 0 Å². The summed E-state index contributed by atoms with van der Waals surface area (Å²) in [7, 11) is 0. The first kappa shape index (κ1) is 55.9. The first-order valence-corrected chi connectivity index (χ1v) is 20.2. The maximum Gasteiger partial charge on any atom is 0.239 e. The van der Waals surface area contributed by atoms with Crippen molar-refractivity contribution in [2.24, 2.45) is 22.2 Å². The molecule has 2 amide bonds. The highest BCUT2D eigenvalue weighted by Gasteiger charge is 2.20. The molecule has 2 unspecified atom stereocenters. The lowest BCUT2D eigenvalue weighted by Gasteiger charge is -2.26. The molecule has 0 radical (unpaired) electrons. The average Bonchev–Trinajstić information content (AvgIpc) is 3.06. The summed E-state index contributed by atoms with van der Waals surface area (Å²) in [5.41, 5.74) is 18.0. The number of hydrogen-bond acceptors (Lipinski definition) is 5. The van der Waals surface area contributed by atoms with Gasteiger partial charge in [0.15, 0.2) is 0 Å². The highest BCUT2D eigenvalue weighted by atomic mass is 35.5. The number of amides is 2. The van der Waals surface area contributed by atoms with E-state index in [1.165, 1.54) is 128 Å². The lowest BCUT2D eigenvalue weighted by Crippen LogP contribution is -3.00. The van der Waals surface area contributed by atoms with Crippen LogP contribution in [0.1, 0.15) is 194 Å². The molecule has 0 aromatic rings. The zero-order valence-corrected chi connectivity index (χ0v) is 34.9. The van der Waals surface area contributed by atoms with Crippen LogP contribution in [0.2, 0.25) is 0 Å². The molecule has 0 heterocycles. The van der Waals surface area contributed by atoms with Crippen LogP contribution in [0.5, 0.6) is 0 Å². The summed E-state index contributed by atoms with van der Waals surface area (Å²) in [5.74, 6) is 0.514. The zero-order valence-electron chi connectivity index (χ0n) is 32.7. The largest absolute Gasteiger partial charge is 1.00 e. The number of aliphatic imine (C=N–C) groups is 1. The van der Waals surface area contributed by atoms with Crippen molar-refractivity contribution in [3.8, 4) is 0 Å². The number of amidine groups is 1. The van der Waals surface area contributed by atoms with Crippen molar-refractivity contribution in [2.45, 2.75) is 206 Å². The Hall–Kier alpha value is -0.800. The van der Waals surface area contributed by atoms with Gasteiger partial charge in [0.1, 0.15) is 0 Å². The Labute approximate surface area is 328 Å². The molecular formula is C39H80Cl3N6O2-3. The van der Waals surface area contributed by atoms with Gasteiger partial charge in [-0.25, -0.2) is 0 Å². The second-order valence-electron chi connectivity index (χ2n) is 14.1. The van der Waals surface area contributed by atoms with E-state index >= 15 is 0 Å². The number of nitrogens with zero attached hydrogens (tertiary/aromatic N) is 2. The van der Waals surface area contributed by atoms with Crippen LogP contribution in [0.3, 0.4) is 0 Å². The topological polar surface area (TPSA) is 140 Å². The van der Waals surface area contributed by atoms with Gasteiger partial charge in [0.05, 0.1) is 17.9 Å². The van der Waals surface area contributed by atoms with Crippen molar-refractivity contribution in [3.05, 3.63) is 0 Å². The molecular weight excluding hydrogens is 691 g/mol. The Morgan fingerprint density at radius 2 is 0.940 bits per heavy atom. The zero-order chi connectivity index (χ0) is 34.8. The van der Waals surface area contributed by atoms with Crippen LogP contribution in [-0.4, -0.2) is 60.8 Å². The molecule has 11 heteroatoms. The van der Waals surface area contributed by atoms with Crippen LogP contribution < -0.4 is 59.7 Å². The summed E-state index contributed by atoms with van der Waals surface area (Å²) in [5, 5.41) is 2.92. The van der Waals surface area contributed by atoms with Gasteiger partial charge in [0, 0.05) is 26.2 Å². The van der Waals surface area contributed by atoms with Crippen LogP contribution in [0.25, 0.3) is 0 Å². The van der Waals surface area contributed by atoms with Gasteiger partial charge in [-0.05, 0) is 51.9 Å². The number of halogens is 3. The first-order valence-electron chi connectivity index (χ1n) is 20.2. The number of carbonyl (C=O) groups is 2. The number of unbranched alkanes of at least 4 members (excludes halogenated alkanes) is 21. The molecule has 0 aromatic carbocycles. The van der Waals surface area contributed by atoms with E-state index in [2.05, 4.69) is 29.1 Å². The number of nitrogens with one attached hydrogen (secondary N) is 1. The van der Waals surface area contributed by atoms with Gasteiger partial charge in [-0.3, -0.25) is 14.6 Å². The highest BCUT2D eigenvalue weighted by Crippen LogP contribution is 2.14. The van der Waals surface area contributed by atoms with Crippen LogP contribution in [0.15, 0.2) is 4.99 Å². The molecule has 0 bridgehead atoms. The van der Waals surface area contributed by atoms with Gasteiger partial charge in [-0.1, -0.05) is 142 Å². The molecule has 0 aliphatic heterocycles. The Bertz CT molecular complexity index is 759. The van der Waals surface area contributed by atoms with Crippen LogP contribution >= 0.6 is 0 Å². The van der Waals surface area contributed by atoms with Crippen LogP contribution in [0.4, 0.5) is 0 Å². The smallest absolute Gasteiger partial charge is 0.239 e. The van der Waals surface area contributed by atoms with Gasteiger partial charge >= 0.3 is 0 Å². The Morgan fingerprint density at radius 3 is 1.34 bits per heavy atom. The third-order valence-corrected chi connectivity index (χ3v) is 9.30. The number of hydrogen-bond donors (Lipinski definition) is 4. The van der Waals surface area contributed by atoms with Gasteiger partial charge in [0.2, 0.25) is 11.8 Å². The molecule has 8 nitrogen and oxygen atoms in total. The minimum absolute atomic E-state index is 0. The van der Waals surface area contributed by atoms with Crippen molar-refractivity contribution in [3.63, 3.8) is 0 Å². The van der Waals surface area contributed by atoms with Gasteiger partial charge in [0.25, 0.3) is 0 Å². The summed E-state index contributed by atoms with van der Waals surface area (Å²) in [4.78, 5) is 31.9. The van der Waals surface area contributed by atoms with Crippen molar-refractivity contribution < 1.29 is 46.8 Å². The van der Waals surface area contributed by atoms with E-state index in [-0.39, 0.29) is 49.0 Å². The number of carbonyl (C=O) groups excluding carboxylic acids is 2. The second-order valence-corrected chi connectivity index (χ2v) is 14.1. The van der Waals surface area contributed by atoms with Gasteiger partial charge in [-0.2, -0.15) is 0 Å². The first-order chi connectivity index (χ1) is 22.8. The quantitative estimate of drug-likeness (QED) is 0.0393. The van der Waals surface area contributed by atoms with Crippen molar-refractivity contribution in [1.82, 2.24) is 10.2 Å². The maximum atomic E-state index is 13.4. The van der Waals surface area contributed by atoms with Gasteiger partial charge in [-0.15, -0.1) is 0 Å². The van der Waals surface area contributed by atoms with Crippen LogP contribution in [0, 0.1) is 0 Å². The lowest BCUT2D eigenvalue weighted by molar-refractivity contribution is -0.133. The van der Waals surface area contributed by atoms with E-state index in [0.717, 1.165) is 45.2 Å². The predicted molar refractivity (Wildman–Crippen MR) is 204 cm³/mol. The van der Waals surface area contributed by atoms with E-state index in [1.54, 1.807) is 6.92 Å². The molecule has 0 saturated heterocycles. The Kier molecular flexibility index (Phi) is 47.7. The Balaban J connectivity index is -0.00000353. The van der Waals surface area contributed by atoms with E-state index in [9.17, 15) is 9.59 Å². The van der Waals surface area contributed by atoms with Gasteiger partial charge < -0.3 is 64.6 Å². The fraction of sp³-hybridized carbons (Fsp3) is 0.923. The number of rotatable bonds is 35. The molecule has 0 aliphatic carbocycles. The molecule has 7 N–H and O–H groups in total. The molecule has 302 valence electrons. The second kappa shape index (κ2) is 42.6. The fourth-order valence-corrected chi connectivity index (χ4v) is 6.15. The normalized spacial score (nSPS) is 12.3. The van der Waals surface area contributed by atoms with E-state index in [0.29, 0.717) is 31.8 Å². The minimum atomic E-state index is -0.535. The lowest BCUT2D eigenvalue weighted by atomic mass is 10.0. The Morgan fingerprint density at radius 1 is 0.560 bits per heavy atom. The third-order valence-electron chi connectivity index (χ3n) is 9.30. The third kappa shape index (κ3) is 37.0. The predicted octanol–water partition coefficient (Wildman–Crippen LogP) is -0.453. The number of nitrogens with two attached hydrogens (primary N) is 3. The standard InChI is InChI=1S/C39H80N6O2.3ClH/c1-4-6-8-10-12-14-16-17-19-21-23-27-34-45(33-26-22-20-18-15-13-11-9-7-5-2)39(47)37(42)29-24-25-31-44-38(46)36(41)30-28-32-43-35(3)40;;;/h36-37H,4-34,41-42H2,1-3H3,(H2,40,43)(H,44,46);3*1H/p-3. The molecule has 0 fully saturated rings. The fourth-order valence-electron chi connectivity index (χ4n) is 6.15. The van der Waals surface area contributed by atoms with Crippen molar-refractivity contribution in [1.29, 1.82) is 0 Å². The van der Waals surface area contributed by atoms with E-state index < -0.39 is 12.1 Å². The average molecular weight is 771 g/mol. The molecule has 50 heavy (non-hydrogen) atoms.